The number of carbonyl (C=O) groups excluding carboxylic acids is 1. The minimum Gasteiger partial charge on any atom is -0.465 e. The third-order valence-electron chi connectivity index (χ3n) is 3.71. The SMILES string of the molecule is CCCNc1nc(NCCc2ccncc2)ncc1C(=O)NCCNC(=O)O. The fraction of sp³-hybridized carbons (Fsp3) is 0.389. The molecule has 150 valence electrons. The van der Waals surface area contributed by atoms with Gasteiger partial charge in [0.1, 0.15) is 11.4 Å². The summed E-state index contributed by atoms with van der Waals surface area (Å²) >= 11 is 0. The fourth-order valence-electron chi connectivity index (χ4n) is 2.32. The van der Waals surface area contributed by atoms with Gasteiger partial charge in [-0.05, 0) is 30.5 Å². The van der Waals surface area contributed by atoms with Crippen LogP contribution in [0.15, 0.2) is 30.7 Å². The molecule has 0 saturated carbocycles. The number of nitrogens with one attached hydrogen (secondary N) is 4. The summed E-state index contributed by atoms with van der Waals surface area (Å²) in [5.74, 6) is 0.498. The Morgan fingerprint density at radius 2 is 1.79 bits per heavy atom. The highest BCUT2D eigenvalue weighted by molar-refractivity contribution is 5.98. The molecule has 5 N–H and O–H groups in total. The van der Waals surface area contributed by atoms with Crippen molar-refractivity contribution in [3.63, 3.8) is 0 Å². The molecule has 10 heteroatoms. The summed E-state index contributed by atoms with van der Waals surface area (Å²) < 4.78 is 0. The van der Waals surface area contributed by atoms with Gasteiger partial charge in [-0.15, -0.1) is 0 Å². The van der Waals surface area contributed by atoms with Crippen molar-refractivity contribution in [1.82, 2.24) is 25.6 Å². The molecule has 0 saturated heterocycles. The van der Waals surface area contributed by atoms with Crippen LogP contribution in [0.25, 0.3) is 0 Å². The molecule has 0 aliphatic heterocycles. The monoisotopic (exact) mass is 387 g/mol. The van der Waals surface area contributed by atoms with Gasteiger partial charge in [-0.25, -0.2) is 9.78 Å². The fourth-order valence-corrected chi connectivity index (χ4v) is 2.32. The van der Waals surface area contributed by atoms with E-state index < -0.39 is 6.09 Å². The van der Waals surface area contributed by atoms with E-state index in [9.17, 15) is 9.59 Å². The zero-order chi connectivity index (χ0) is 20.2. The molecular weight excluding hydrogens is 362 g/mol. The highest BCUT2D eigenvalue weighted by atomic mass is 16.4. The maximum absolute atomic E-state index is 12.4. The van der Waals surface area contributed by atoms with Crippen LogP contribution in [0.3, 0.4) is 0 Å². The molecular formula is C18H25N7O3. The Bertz CT molecular complexity index is 771. The molecule has 0 unspecified atom stereocenters. The van der Waals surface area contributed by atoms with Crippen molar-refractivity contribution in [1.29, 1.82) is 0 Å². The largest absolute Gasteiger partial charge is 0.465 e. The van der Waals surface area contributed by atoms with Crippen LogP contribution in [0.4, 0.5) is 16.6 Å². The molecule has 0 aliphatic rings. The Morgan fingerprint density at radius 1 is 1.04 bits per heavy atom. The molecule has 0 spiro atoms. The Balaban J connectivity index is 1.96. The summed E-state index contributed by atoms with van der Waals surface area (Å²) in [5.41, 5.74) is 1.46. The lowest BCUT2D eigenvalue weighted by molar-refractivity contribution is 0.0953. The second-order valence-corrected chi connectivity index (χ2v) is 5.90. The van der Waals surface area contributed by atoms with Crippen molar-refractivity contribution in [2.45, 2.75) is 19.8 Å². The van der Waals surface area contributed by atoms with Crippen molar-refractivity contribution < 1.29 is 14.7 Å². The van der Waals surface area contributed by atoms with Crippen LogP contribution < -0.4 is 21.3 Å². The lowest BCUT2D eigenvalue weighted by Crippen LogP contribution is -2.34. The standard InChI is InChI=1S/C18H25N7O3/c1-2-6-20-15-14(16(26)21-10-11-23-18(27)28)12-24-17(25-15)22-9-5-13-3-7-19-8-4-13/h3-4,7-8,12,23H,2,5-6,9-11H2,1H3,(H,21,26)(H,27,28)(H2,20,22,24,25). The third kappa shape index (κ3) is 7.06. The molecule has 2 aromatic heterocycles. The lowest BCUT2D eigenvalue weighted by Gasteiger charge is -2.13. The summed E-state index contributed by atoms with van der Waals surface area (Å²) in [5, 5.41) is 19.7. The van der Waals surface area contributed by atoms with Gasteiger partial charge in [0, 0.05) is 44.8 Å². The number of hydrogen-bond donors (Lipinski definition) is 5. The van der Waals surface area contributed by atoms with Crippen LogP contribution in [0, 0.1) is 0 Å². The van der Waals surface area contributed by atoms with Crippen LogP contribution >= 0.6 is 0 Å². The Labute approximate surface area is 163 Å². The number of anilines is 2. The van der Waals surface area contributed by atoms with Crippen molar-refractivity contribution in [3.05, 3.63) is 41.9 Å². The minimum absolute atomic E-state index is 0.119. The molecule has 0 atom stereocenters. The van der Waals surface area contributed by atoms with Crippen molar-refractivity contribution in [2.24, 2.45) is 0 Å². The number of carboxylic acid groups (broad SMARTS) is 1. The Morgan fingerprint density at radius 3 is 2.50 bits per heavy atom. The molecule has 2 rings (SSSR count). The smallest absolute Gasteiger partial charge is 0.404 e. The highest BCUT2D eigenvalue weighted by Crippen LogP contribution is 2.14. The summed E-state index contributed by atoms with van der Waals surface area (Å²) in [6.07, 6.45) is 5.49. The molecule has 0 radical (unpaired) electrons. The quantitative estimate of drug-likeness (QED) is 0.364. The first kappa shape index (κ1) is 20.9. The number of pyridine rings is 1. The van der Waals surface area contributed by atoms with E-state index in [1.807, 2.05) is 19.1 Å². The predicted molar refractivity (Wildman–Crippen MR) is 106 cm³/mol. The number of rotatable bonds is 11. The molecule has 0 bridgehead atoms. The lowest BCUT2D eigenvalue weighted by atomic mass is 10.2. The van der Waals surface area contributed by atoms with Crippen molar-refractivity contribution in [2.75, 3.05) is 36.8 Å². The average molecular weight is 387 g/mol. The molecule has 0 aromatic carbocycles. The van der Waals surface area contributed by atoms with Crippen LogP contribution in [-0.2, 0) is 6.42 Å². The van der Waals surface area contributed by atoms with Gasteiger partial charge in [-0.2, -0.15) is 4.98 Å². The maximum Gasteiger partial charge on any atom is 0.404 e. The van der Waals surface area contributed by atoms with Gasteiger partial charge >= 0.3 is 6.09 Å². The van der Waals surface area contributed by atoms with Gasteiger partial charge in [0.2, 0.25) is 5.95 Å². The molecule has 2 aromatic rings. The molecule has 2 amide bonds. The number of aromatic nitrogens is 3. The second-order valence-electron chi connectivity index (χ2n) is 5.90. The third-order valence-corrected chi connectivity index (χ3v) is 3.71. The van der Waals surface area contributed by atoms with E-state index in [1.165, 1.54) is 6.20 Å². The van der Waals surface area contributed by atoms with E-state index in [2.05, 4.69) is 36.2 Å². The topological polar surface area (TPSA) is 141 Å². The van der Waals surface area contributed by atoms with Gasteiger partial charge in [-0.1, -0.05) is 6.92 Å². The summed E-state index contributed by atoms with van der Waals surface area (Å²) in [6, 6.07) is 3.90. The van der Waals surface area contributed by atoms with Crippen molar-refractivity contribution >= 4 is 23.8 Å². The highest BCUT2D eigenvalue weighted by Gasteiger charge is 2.14. The van der Waals surface area contributed by atoms with Crippen LogP contribution in [0.5, 0.6) is 0 Å². The molecule has 0 aliphatic carbocycles. The van der Waals surface area contributed by atoms with E-state index in [0.717, 1.165) is 18.4 Å². The van der Waals surface area contributed by atoms with Gasteiger partial charge in [0.05, 0.1) is 0 Å². The predicted octanol–water partition coefficient (Wildman–Crippen LogP) is 1.35. The van der Waals surface area contributed by atoms with E-state index in [-0.39, 0.29) is 19.0 Å². The first-order chi connectivity index (χ1) is 13.6. The van der Waals surface area contributed by atoms with Crippen molar-refractivity contribution in [3.8, 4) is 0 Å². The van der Waals surface area contributed by atoms with Gasteiger partial charge < -0.3 is 26.4 Å². The number of nitrogens with zero attached hydrogens (tertiary/aromatic N) is 3. The summed E-state index contributed by atoms with van der Waals surface area (Å²) in [6.45, 7) is 3.61. The van der Waals surface area contributed by atoms with Gasteiger partial charge in [-0.3, -0.25) is 9.78 Å². The average Bonchev–Trinajstić information content (AvgIpc) is 2.70. The van der Waals surface area contributed by atoms with Gasteiger partial charge in [0.25, 0.3) is 5.91 Å². The van der Waals surface area contributed by atoms with Gasteiger partial charge in [0.15, 0.2) is 0 Å². The van der Waals surface area contributed by atoms with Crippen LogP contribution in [-0.4, -0.2) is 58.2 Å². The minimum atomic E-state index is -1.13. The Kier molecular flexibility index (Phi) is 8.44. The van der Waals surface area contributed by atoms with Crippen LogP contribution in [0.2, 0.25) is 0 Å². The van der Waals surface area contributed by atoms with E-state index in [0.29, 0.717) is 30.4 Å². The normalized spacial score (nSPS) is 10.2. The zero-order valence-electron chi connectivity index (χ0n) is 15.7. The number of carbonyl (C=O) groups is 2. The van der Waals surface area contributed by atoms with E-state index in [4.69, 9.17) is 5.11 Å². The van der Waals surface area contributed by atoms with E-state index >= 15 is 0 Å². The Hall–Kier alpha value is -3.43. The second kappa shape index (κ2) is 11.3. The molecule has 0 fully saturated rings. The number of amides is 2. The summed E-state index contributed by atoms with van der Waals surface area (Å²) in [7, 11) is 0. The van der Waals surface area contributed by atoms with Crippen LogP contribution in [0.1, 0.15) is 29.3 Å². The van der Waals surface area contributed by atoms with E-state index in [1.54, 1.807) is 12.4 Å². The molecule has 10 nitrogen and oxygen atoms in total. The zero-order valence-corrected chi connectivity index (χ0v) is 15.7. The molecule has 28 heavy (non-hydrogen) atoms. The number of hydrogen-bond acceptors (Lipinski definition) is 7. The summed E-state index contributed by atoms with van der Waals surface area (Å²) in [4.78, 5) is 35.4. The maximum atomic E-state index is 12.4. The first-order valence-electron chi connectivity index (χ1n) is 9.08. The first-order valence-corrected chi connectivity index (χ1v) is 9.08. The molecule has 2 heterocycles.